The Hall–Kier alpha value is -3.19. The number of nitrogens with zero attached hydrogens (tertiary/aromatic N) is 2. The monoisotopic (exact) mass is 466 g/mol. The van der Waals surface area contributed by atoms with Crippen LogP contribution in [0.4, 0.5) is 0 Å². The molecule has 1 heterocycles. The van der Waals surface area contributed by atoms with Crippen LogP contribution in [0, 0.1) is 5.92 Å². The highest BCUT2D eigenvalue weighted by Gasteiger charge is 2.32. The fourth-order valence-corrected chi connectivity index (χ4v) is 4.99. The van der Waals surface area contributed by atoms with Crippen LogP contribution in [-0.2, 0) is 14.4 Å². The Morgan fingerprint density at radius 2 is 1.29 bits per heavy atom. The molecule has 0 radical (unpaired) electrons. The maximum Gasteiger partial charge on any atom is 0.414 e. The molecule has 1 aliphatic heterocycles. The highest BCUT2D eigenvalue weighted by atomic mass is 16.4. The van der Waals surface area contributed by atoms with Crippen LogP contribution in [0.5, 0.6) is 0 Å². The van der Waals surface area contributed by atoms with E-state index in [1.165, 1.54) is 25.7 Å². The van der Waals surface area contributed by atoms with E-state index in [2.05, 4.69) is 41.0 Å². The van der Waals surface area contributed by atoms with Crippen LogP contribution in [0.1, 0.15) is 49.7 Å². The molecule has 2 aliphatic rings. The van der Waals surface area contributed by atoms with Crippen molar-refractivity contribution in [2.75, 3.05) is 26.2 Å². The lowest BCUT2D eigenvalue weighted by molar-refractivity contribution is -0.159. The first-order valence-electron chi connectivity index (χ1n) is 12.0. The molecule has 2 atom stereocenters. The predicted molar refractivity (Wildman–Crippen MR) is 130 cm³/mol. The van der Waals surface area contributed by atoms with Gasteiger partial charge in [0.05, 0.1) is 5.92 Å². The van der Waals surface area contributed by atoms with Gasteiger partial charge < -0.3 is 15.1 Å². The zero-order valence-electron chi connectivity index (χ0n) is 19.7. The minimum atomic E-state index is -1.82. The van der Waals surface area contributed by atoms with Gasteiger partial charge in [0.1, 0.15) is 0 Å². The molecule has 2 aromatic rings. The lowest BCUT2D eigenvalue weighted by Crippen LogP contribution is -2.53. The summed E-state index contributed by atoms with van der Waals surface area (Å²) in [5.74, 6) is -2.76. The minimum Gasteiger partial charge on any atom is -0.473 e. The quantitative estimate of drug-likeness (QED) is 0.667. The number of hydrogen-bond donors (Lipinski definition) is 2. The van der Waals surface area contributed by atoms with Gasteiger partial charge in [-0.05, 0) is 29.9 Å². The van der Waals surface area contributed by atoms with Crippen molar-refractivity contribution in [3.05, 3.63) is 71.8 Å². The molecule has 7 heteroatoms. The molecule has 0 spiro atoms. The average Bonchev–Trinajstić information content (AvgIpc) is 2.86. The van der Waals surface area contributed by atoms with E-state index in [1.807, 2.05) is 36.4 Å². The molecule has 2 aromatic carbocycles. The molecule has 1 saturated carbocycles. The van der Waals surface area contributed by atoms with Crippen molar-refractivity contribution in [1.29, 1.82) is 0 Å². The number of carbonyl (C=O) groups excluding carboxylic acids is 1. The Morgan fingerprint density at radius 3 is 1.74 bits per heavy atom. The number of rotatable bonds is 4. The number of benzene rings is 2. The highest BCUT2D eigenvalue weighted by molar-refractivity contribution is 6.27. The van der Waals surface area contributed by atoms with Crippen LogP contribution in [0.25, 0.3) is 0 Å². The van der Waals surface area contributed by atoms with E-state index in [0.29, 0.717) is 0 Å². The van der Waals surface area contributed by atoms with Crippen molar-refractivity contribution in [1.82, 2.24) is 9.80 Å². The SMILES string of the molecule is CC1CCCC(N2CCN(C(=O)C(c3ccccc3)c3ccccc3)CC2)C1.O=C(O)C(=O)O. The highest BCUT2D eigenvalue weighted by Crippen LogP contribution is 2.30. The van der Waals surface area contributed by atoms with E-state index in [0.717, 1.165) is 49.3 Å². The zero-order chi connectivity index (χ0) is 24.5. The summed E-state index contributed by atoms with van der Waals surface area (Å²) in [5.41, 5.74) is 2.17. The fourth-order valence-electron chi connectivity index (χ4n) is 4.99. The van der Waals surface area contributed by atoms with Crippen LogP contribution in [-0.4, -0.2) is 70.1 Å². The van der Waals surface area contributed by atoms with Gasteiger partial charge in [-0.25, -0.2) is 9.59 Å². The lowest BCUT2D eigenvalue weighted by atomic mass is 9.86. The molecule has 1 amide bonds. The maximum absolute atomic E-state index is 13.5. The fraction of sp³-hybridized carbons (Fsp3) is 0.444. The maximum atomic E-state index is 13.5. The summed E-state index contributed by atoms with van der Waals surface area (Å²) in [7, 11) is 0. The first-order valence-corrected chi connectivity index (χ1v) is 12.0. The molecular formula is C27H34N2O5. The molecule has 2 unspecified atom stereocenters. The average molecular weight is 467 g/mol. The molecule has 182 valence electrons. The van der Waals surface area contributed by atoms with Crippen molar-refractivity contribution < 1.29 is 24.6 Å². The third kappa shape index (κ3) is 6.90. The van der Waals surface area contributed by atoms with Gasteiger partial charge in [0, 0.05) is 32.2 Å². The van der Waals surface area contributed by atoms with Crippen molar-refractivity contribution in [3.63, 3.8) is 0 Å². The molecule has 0 aromatic heterocycles. The Balaban J connectivity index is 0.000000481. The van der Waals surface area contributed by atoms with Gasteiger partial charge in [-0.15, -0.1) is 0 Å². The Bertz CT molecular complexity index is 891. The topological polar surface area (TPSA) is 98.2 Å². The Kier molecular flexibility index (Phi) is 9.22. The summed E-state index contributed by atoms with van der Waals surface area (Å²) in [6, 6.07) is 21.2. The molecular weight excluding hydrogens is 432 g/mol. The first kappa shape index (κ1) is 25.4. The number of carboxylic acid groups (broad SMARTS) is 2. The molecule has 34 heavy (non-hydrogen) atoms. The van der Waals surface area contributed by atoms with Crippen LogP contribution in [0.3, 0.4) is 0 Å². The van der Waals surface area contributed by atoms with Crippen molar-refractivity contribution in [2.24, 2.45) is 5.92 Å². The third-order valence-electron chi connectivity index (χ3n) is 6.75. The standard InChI is InChI=1S/C25H32N2O.C2H2O4/c1-20-9-8-14-23(19-20)26-15-17-27(18-16-26)25(28)24(21-10-4-2-5-11-21)22-12-6-3-7-13-22;3-1(4)2(5)6/h2-7,10-13,20,23-24H,8-9,14-19H2,1H3;(H,3,4)(H,5,6). The summed E-state index contributed by atoms with van der Waals surface area (Å²) in [6.07, 6.45) is 5.39. The summed E-state index contributed by atoms with van der Waals surface area (Å²) in [4.78, 5) is 36.5. The van der Waals surface area contributed by atoms with Crippen LogP contribution in [0.15, 0.2) is 60.7 Å². The molecule has 0 bridgehead atoms. The molecule has 1 saturated heterocycles. The van der Waals surface area contributed by atoms with Gasteiger partial charge in [-0.2, -0.15) is 0 Å². The second kappa shape index (κ2) is 12.3. The lowest BCUT2D eigenvalue weighted by Gasteiger charge is -2.42. The summed E-state index contributed by atoms with van der Waals surface area (Å²) < 4.78 is 0. The normalized spacial score (nSPS) is 20.8. The molecule has 2 fully saturated rings. The van der Waals surface area contributed by atoms with Crippen LogP contribution >= 0.6 is 0 Å². The largest absolute Gasteiger partial charge is 0.473 e. The Labute approximate surface area is 201 Å². The second-order valence-electron chi connectivity index (χ2n) is 9.15. The third-order valence-corrected chi connectivity index (χ3v) is 6.75. The smallest absolute Gasteiger partial charge is 0.414 e. The van der Waals surface area contributed by atoms with Gasteiger partial charge in [0.2, 0.25) is 5.91 Å². The zero-order valence-corrected chi connectivity index (χ0v) is 19.7. The number of amides is 1. The van der Waals surface area contributed by atoms with Crippen LogP contribution < -0.4 is 0 Å². The van der Waals surface area contributed by atoms with E-state index in [1.54, 1.807) is 0 Å². The van der Waals surface area contributed by atoms with Gasteiger partial charge in [-0.1, -0.05) is 80.4 Å². The number of carbonyl (C=O) groups is 3. The van der Waals surface area contributed by atoms with Gasteiger partial charge >= 0.3 is 11.9 Å². The minimum absolute atomic E-state index is 0.205. The molecule has 4 rings (SSSR count). The molecule has 7 nitrogen and oxygen atoms in total. The van der Waals surface area contributed by atoms with Gasteiger partial charge in [0.15, 0.2) is 0 Å². The van der Waals surface area contributed by atoms with E-state index in [-0.39, 0.29) is 11.8 Å². The molecule has 2 N–H and O–H groups in total. The summed E-state index contributed by atoms with van der Waals surface area (Å²) in [6.45, 7) is 6.11. The molecule has 1 aliphatic carbocycles. The van der Waals surface area contributed by atoms with E-state index < -0.39 is 11.9 Å². The number of piperazine rings is 1. The summed E-state index contributed by atoms with van der Waals surface area (Å²) >= 11 is 0. The van der Waals surface area contributed by atoms with Crippen molar-refractivity contribution in [3.8, 4) is 0 Å². The van der Waals surface area contributed by atoms with E-state index in [4.69, 9.17) is 19.8 Å². The summed E-state index contributed by atoms with van der Waals surface area (Å²) in [5, 5.41) is 14.8. The number of carboxylic acids is 2. The van der Waals surface area contributed by atoms with E-state index in [9.17, 15) is 4.79 Å². The van der Waals surface area contributed by atoms with Gasteiger partial charge in [-0.3, -0.25) is 9.69 Å². The van der Waals surface area contributed by atoms with Crippen LogP contribution in [0.2, 0.25) is 0 Å². The second-order valence-corrected chi connectivity index (χ2v) is 9.15. The van der Waals surface area contributed by atoms with Crippen molar-refractivity contribution >= 4 is 17.8 Å². The van der Waals surface area contributed by atoms with Crippen molar-refractivity contribution in [2.45, 2.75) is 44.6 Å². The number of aliphatic carboxylic acids is 2. The number of hydrogen-bond acceptors (Lipinski definition) is 4. The first-order chi connectivity index (χ1) is 16.4. The van der Waals surface area contributed by atoms with E-state index >= 15 is 0 Å². The van der Waals surface area contributed by atoms with Gasteiger partial charge in [0.25, 0.3) is 0 Å². The predicted octanol–water partition coefficient (Wildman–Crippen LogP) is 3.70. The Morgan fingerprint density at radius 1 is 0.794 bits per heavy atom.